The Labute approximate surface area is 127 Å². The van der Waals surface area contributed by atoms with E-state index in [4.69, 9.17) is 0 Å². The first-order valence-electron chi connectivity index (χ1n) is 6.45. The summed E-state index contributed by atoms with van der Waals surface area (Å²) in [5, 5.41) is 9.54. The maximum absolute atomic E-state index is 12.0. The van der Waals surface area contributed by atoms with Gasteiger partial charge in [0, 0.05) is 6.07 Å². The lowest BCUT2D eigenvalue weighted by Crippen LogP contribution is -2.36. The van der Waals surface area contributed by atoms with Gasteiger partial charge in [-0.2, -0.15) is 5.10 Å². The molecule has 114 valence electrons. The minimum atomic E-state index is -3.48. The molecular formula is C13H17N3O3S2. The van der Waals surface area contributed by atoms with Crippen molar-refractivity contribution in [2.45, 2.75) is 31.3 Å². The van der Waals surface area contributed by atoms with Crippen molar-refractivity contribution in [1.82, 2.24) is 10.2 Å². The van der Waals surface area contributed by atoms with E-state index in [1.54, 1.807) is 31.3 Å². The number of amides is 1. The Bertz CT molecular complexity index is 718. The third kappa shape index (κ3) is 3.33. The molecule has 2 rings (SSSR count). The third-order valence-electron chi connectivity index (χ3n) is 3.13. The fraction of sp³-hybridized carbons (Fsp3) is 0.385. The number of thiophene rings is 1. The van der Waals surface area contributed by atoms with E-state index < -0.39 is 26.2 Å². The number of aromatic amines is 1. The molecule has 1 amide bonds. The second-order valence-electron chi connectivity index (χ2n) is 4.91. The quantitative estimate of drug-likeness (QED) is 0.881. The molecule has 0 unspecified atom stereocenters. The molecule has 2 heterocycles. The molecule has 1 atom stereocenters. The maximum atomic E-state index is 12.0. The molecule has 6 nitrogen and oxygen atoms in total. The molecule has 0 saturated heterocycles. The number of carbonyl (C=O) groups excluding carboxylic acids is 1. The number of aromatic nitrogens is 2. The van der Waals surface area contributed by atoms with Crippen LogP contribution >= 0.6 is 11.3 Å². The topological polar surface area (TPSA) is 91.9 Å². The van der Waals surface area contributed by atoms with Gasteiger partial charge in [0.25, 0.3) is 0 Å². The first kappa shape index (κ1) is 15.7. The van der Waals surface area contributed by atoms with Crippen LogP contribution in [-0.2, 0) is 14.6 Å². The van der Waals surface area contributed by atoms with Crippen molar-refractivity contribution in [2.75, 3.05) is 5.32 Å². The second kappa shape index (κ2) is 5.98. The minimum Gasteiger partial charge on any atom is -0.308 e. The van der Waals surface area contributed by atoms with Gasteiger partial charge in [0.15, 0.2) is 15.7 Å². The van der Waals surface area contributed by atoms with Gasteiger partial charge in [-0.05, 0) is 32.2 Å². The van der Waals surface area contributed by atoms with Gasteiger partial charge in [-0.3, -0.25) is 9.89 Å². The summed E-state index contributed by atoms with van der Waals surface area (Å²) >= 11 is 1.54. The molecule has 0 radical (unpaired) electrons. The van der Waals surface area contributed by atoms with Crippen molar-refractivity contribution >= 4 is 32.9 Å². The molecule has 2 aromatic rings. The number of sulfone groups is 1. The lowest BCUT2D eigenvalue weighted by atomic mass is 10.3. The van der Waals surface area contributed by atoms with E-state index in [-0.39, 0.29) is 0 Å². The zero-order valence-electron chi connectivity index (χ0n) is 12.0. The summed E-state index contributed by atoms with van der Waals surface area (Å²) in [7, 11) is -3.48. The van der Waals surface area contributed by atoms with Crippen molar-refractivity contribution in [2.24, 2.45) is 0 Å². The summed E-state index contributed by atoms with van der Waals surface area (Å²) in [4.78, 5) is 13.0. The Hall–Kier alpha value is -1.67. The molecule has 0 bridgehead atoms. The molecule has 21 heavy (non-hydrogen) atoms. The summed E-state index contributed by atoms with van der Waals surface area (Å²) in [6.45, 7) is 4.50. The highest BCUT2D eigenvalue weighted by Gasteiger charge is 2.31. The number of carbonyl (C=O) groups is 1. The highest BCUT2D eigenvalue weighted by molar-refractivity contribution is 7.93. The molecule has 0 saturated carbocycles. The van der Waals surface area contributed by atoms with Gasteiger partial charge < -0.3 is 5.32 Å². The van der Waals surface area contributed by atoms with Crippen LogP contribution in [0.25, 0.3) is 10.6 Å². The van der Waals surface area contributed by atoms with Crippen LogP contribution in [0.2, 0.25) is 0 Å². The van der Waals surface area contributed by atoms with E-state index in [0.29, 0.717) is 5.82 Å². The average Bonchev–Trinajstić information content (AvgIpc) is 3.07. The maximum Gasteiger partial charge on any atom is 0.243 e. The van der Waals surface area contributed by atoms with Crippen LogP contribution in [0.5, 0.6) is 0 Å². The molecule has 0 spiro atoms. The van der Waals surface area contributed by atoms with Crippen LogP contribution in [0.3, 0.4) is 0 Å². The molecule has 0 aromatic carbocycles. The molecule has 0 fully saturated rings. The van der Waals surface area contributed by atoms with Crippen molar-refractivity contribution in [3.8, 4) is 10.6 Å². The Morgan fingerprint density at radius 1 is 1.38 bits per heavy atom. The van der Waals surface area contributed by atoms with E-state index in [2.05, 4.69) is 15.5 Å². The van der Waals surface area contributed by atoms with Crippen LogP contribution in [-0.4, -0.2) is 35.0 Å². The largest absolute Gasteiger partial charge is 0.308 e. The van der Waals surface area contributed by atoms with Crippen molar-refractivity contribution in [3.63, 3.8) is 0 Å². The molecule has 0 aliphatic heterocycles. The second-order valence-corrected chi connectivity index (χ2v) is 8.69. The van der Waals surface area contributed by atoms with Gasteiger partial charge in [0.2, 0.25) is 5.91 Å². The highest BCUT2D eigenvalue weighted by Crippen LogP contribution is 2.24. The Balaban J connectivity index is 2.10. The van der Waals surface area contributed by atoms with E-state index in [1.807, 2.05) is 17.5 Å². The summed E-state index contributed by atoms with van der Waals surface area (Å²) in [5.41, 5.74) is 0.777. The van der Waals surface area contributed by atoms with Crippen molar-refractivity contribution in [3.05, 3.63) is 23.6 Å². The summed E-state index contributed by atoms with van der Waals surface area (Å²) < 4.78 is 23.9. The monoisotopic (exact) mass is 327 g/mol. The molecule has 0 aliphatic rings. The SMILES string of the molecule is CC(C)S(=O)(=O)[C@@H](C)C(=O)Nc1cc(-c2cccs2)[nH]n1. The van der Waals surface area contributed by atoms with Gasteiger partial charge in [-0.15, -0.1) is 11.3 Å². The number of anilines is 1. The van der Waals surface area contributed by atoms with Gasteiger partial charge in [0.05, 0.1) is 15.8 Å². The molecule has 2 N–H and O–H groups in total. The number of nitrogens with one attached hydrogen (secondary N) is 2. The number of nitrogens with zero attached hydrogens (tertiary/aromatic N) is 1. The van der Waals surface area contributed by atoms with Gasteiger partial charge in [0.1, 0.15) is 5.25 Å². The zero-order valence-corrected chi connectivity index (χ0v) is 13.6. The minimum absolute atomic E-state index is 0.314. The van der Waals surface area contributed by atoms with Gasteiger partial charge >= 0.3 is 0 Å². The molecule has 8 heteroatoms. The summed E-state index contributed by atoms with van der Waals surface area (Å²) in [6, 6.07) is 5.52. The van der Waals surface area contributed by atoms with Crippen LogP contribution < -0.4 is 5.32 Å². The lowest BCUT2D eigenvalue weighted by molar-refractivity contribution is -0.115. The molecule has 2 aromatic heterocycles. The Morgan fingerprint density at radius 2 is 2.10 bits per heavy atom. The Morgan fingerprint density at radius 3 is 2.67 bits per heavy atom. The van der Waals surface area contributed by atoms with Crippen molar-refractivity contribution in [1.29, 1.82) is 0 Å². The smallest absolute Gasteiger partial charge is 0.243 e. The first-order valence-corrected chi connectivity index (χ1v) is 8.94. The fourth-order valence-electron chi connectivity index (χ4n) is 1.73. The number of H-pyrrole nitrogens is 1. The number of hydrogen-bond acceptors (Lipinski definition) is 5. The first-order chi connectivity index (χ1) is 9.82. The molecule has 0 aliphatic carbocycles. The third-order valence-corrected chi connectivity index (χ3v) is 6.55. The van der Waals surface area contributed by atoms with Crippen LogP contribution in [0.4, 0.5) is 5.82 Å². The van der Waals surface area contributed by atoms with E-state index in [9.17, 15) is 13.2 Å². The Kier molecular flexibility index (Phi) is 4.48. The summed E-state index contributed by atoms with van der Waals surface area (Å²) in [6.07, 6.45) is 0. The van der Waals surface area contributed by atoms with E-state index in [1.165, 1.54) is 6.92 Å². The highest BCUT2D eigenvalue weighted by atomic mass is 32.2. The van der Waals surface area contributed by atoms with E-state index in [0.717, 1.165) is 10.6 Å². The normalized spacial score (nSPS) is 13.3. The van der Waals surface area contributed by atoms with Crippen LogP contribution in [0, 0.1) is 0 Å². The predicted molar refractivity (Wildman–Crippen MR) is 84.0 cm³/mol. The number of hydrogen-bond donors (Lipinski definition) is 2. The number of rotatable bonds is 5. The lowest BCUT2D eigenvalue weighted by Gasteiger charge is -2.14. The average molecular weight is 327 g/mol. The van der Waals surface area contributed by atoms with Crippen LogP contribution in [0.15, 0.2) is 23.6 Å². The fourth-order valence-corrected chi connectivity index (χ4v) is 3.60. The van der Waals surface area contributed by atoms with E-state index >= 15 is 0 Å². The standard InChI is InChI=1S/C13H17N3O3S2/c1-8(2)21(18,19)9(3)13(17)14-12-7-10(15-16-12)11-5-4-6-20-11/h4-9H,1-3H3,(H2,14,15,16,17)/t9-/m0/s1. The van der Waals surface area contributed by atoms with Gasteiger partial charge in [-0.1, -0.05) is 6.07 Å². The molecular weight excluding hydrogens is 310 g/mol. The van der Waals surface area contributed by atoms with Crippen LogP contribution in [0.1, 0.15) is 20.8 Å². The zero-order chi connectivity index (χ0) is 15.6. The summed E-state index contributed by atoms with van der Waals surface area (Å²) in [5.74, 6) is -0.262. The van der Waals surface area contributed by atoms with Gasteiger partial charge in [-0.25, -0.2) is 8.42 Å². The predicted octanol–water partition coefficient (Wildman–Crippen LogP) is 2.29. The van der Waals surface area contributed by atoms with Crippen molar-refractivity contribution < 1.29 is 13.2 Å².